The van der Waals surface area contributed by atoms with Crippen LogP contribution < -0.4 is 5.43 Å². The Balaban J connectivity index is 2.77. The largest absolute Gasteiger partial charge is 0.350 e. The molecule has 20 heavy (non-hydrogen) atoms. The minimum atomic E-state index is -4.30. The lowest BCUT2D eigenvalue weighted by Gasteiger charge is -2.15. The highest BCUT2D eigenvalue weighted by molar-refractivity contribution is 7.86. The number of aromatic nitrogens is 1. The highest BCUT2D eigenvalue weighted by Gasteiger charge is 2.27. The average Bonchev–Trinajstić information content (AvgIpc) is 2.39. The first-order valence-electron chi connectivity index (χ1n) is 6.40. The minimum absolute atomic E-state index is 0.121. The predicted octanol–water partition coefficient (Wildman–Crippen LogP) is 2.27. The van der Waals surface area contributed by atoms with Crippen molar-refractivity contribution in [2.24, 2.45) is 7.05 Å². The van der Waals surface area contributed by atoms with Crippen LogP contribution in [0.1, 0.15) is 30.6 Å². The Hall–Kier alpha value is -1.66. The third-order valence-electron chi connectivity index (χ3n) is 3.38. The molecule has 0 aliphatic rings. The second-order valence-corrected chi connectivity index (χ2v) is 6.43. The van der Waals surface area contributed by atoms with Gasteiger partial charge in [0.2, 0.25) is 0 Å². The molecule has 0 aliphatic carbocycles. The normalized spacial score (nSPS) is 13.6. The smallest absolute Gasteiger partial charge is 0.272 e. The van der Waals surface area contributed by atoms with Gasteiger partial charge in [-0.1, -0.05) is 25.5 Å². The summed E-state index contributed by atoms with van der Waals surface area (Å²) in [5, 5.41) is -0.715. The van der Waals surface area contributed by atoms with Gasteiger partial charge in [0.15, 0.2) is 5.43 Å². The molecule has 0 saturated carbocycles. The van der Waals surface area contributed by atoms with E-state index >= 15 is 0 Å². The van der Waals surface area contributed by atoms with Gasteiger partial charge in [-0.15, -0.1) is 0 Å². The molecule has 0 spiro atoms. The lowest BCUT2D eigenvalue weighted by molar-refractivity contribution is 0.462. The summed E-state index contributed by atoms with van der Waals surface area (Å²) in [5.74, 6) is 0. The highest BCUT2D eigenvalue weighted by atomic mass is 32.2. The SMILES string of the molecule is CCCC(c1cn(C)c2ccccc2c1=O)S(=O)(=O)O. The van der Waals surface area contributed by atoms with E-state index in [1.165, 1.54) is 6.20 Å². The molecule has 1 aromatic carbocycles. The number of aryl methyl sites for hydroxylation is 1. The maximum Gasteiger partial charge on any atom is 0.272 e. The lowest BCUT2D eigenvalue weighted by atomic mass is 10.1. The van der Waals surface area contributed by atoms with Gasteiger partial charge in [-0.25, -0.2) is 0 Å². The van der Waals surface area contributed by atoms with E-state index in [1.807, 2.05) is 13.0 Å². The number of pyridine rings is 1. The fourth-order valence-electron chi connectivity index (χ4n) is 2.42. The number of hydrogen-bond donors (Lipinski definition) is 1. The van der Waals surface area contributed by atoms with Gasteiger partial charge in [0.1, 0.15) is 5.25 Å². The standard InChI is InChI=1S/C14H17NO4S/c1-3-6-13(20(17,18)19)11-9-15(2)12-8-5-4-7-10(12)14(11)16/h4-5,7-9,13H,3,6H2,1-2H3,(H,17,18,19). The number of rotatable bonds is 4. The summed E-state index contributed by atoms with van der Waals surface area (Å²) in [6.45, 7) is 1.81. The summed E-state index contributed by atoms with van der Waals surface area (Å²) >= 11 is 0. The van der Waals surface area contributed by atoms with Crippen molar-refractivity contribution >= 4 is 21.0 Å². The zero-order valence-corrected chi connectivity index (χ0v) is 12.2. The van der Waals surface area contributed by atoms with Crippen LogP contribution in [0.3, 0.4) is 0 Å². The molecule has 1 aromatic heterocycles. The molecule has 0 saturated heterocycles. The number of fused-ring (bicyclic) bond motifs is 1. The second-order valence-electron chi connectivity index (χ2n) is 4.83. The van der Waals surface area contributed by atoms with Gasteiger partial charge in [-0.05, 0) is 18.6 Å². The minimum Gasteiger partial charge on any atom is -0.350 e. The number of nitrogens with zero attached hydrogens (tertiary/aromatic N) is 1. The average molecular weight is 295 g/mol. The Kier molecular flexibility index (Phi) is 3.96. The van der Waals surface area contributed by atoms with Gasteiger partial charge in [-0.2, -0.15) is 8.42 Å². The molecular formula is C14H17NO4S. The molecule has 0 fully saturated rings. The Bertz CT molecular complexity index is 792. The lowest BCUT2D eigenvalue weighted by Crippen LogP contribution is -2.22. The van der Waals surface area contributed by atoms with Gasteiger partial charge in [0.25, 0.3) is 10.1 Å². The van der Waals surface area contributed by atoms with E-state index in [0.29, 0.717) is 11.8 Å². The first-order valence-corrected chi connectivity index (χ1v) is 7.91. The van der Waals surface area contributed by atoms with Crippen molar-refractivity contribution in [3.05, 3.63) is 46.2 Å². The first kappa shape index (κ1) is 14.7. The Morgan fingerprint density at radius 2 is 1.95 bits per heavy atom. The van der Waals surface area contributed by atoms with E-state index in [-0.39, 0.29) is 17.4 Å². The Morgan fingerprint density at radius 3 is 2.55 bits per heavy atom. The molecule has 108 valence electrons. The molecule has 0 bridgehead atoms. The molecule has 1 unspecified atom stereocenters. The first-order chi connectivity index (χ1) is 9.36. The van der Waals surface area contributed by atoms with Crippen LogP contribution in [0.4, 0.5) is 0 Å². The molecule has 6 heteroatoms. The van der Waals surface area contributed by atoms with E-state index in [0.717, 1.165) is 5.52 Å². The van der Waals surface area contributed by atoms with Gasteiger partial charge in [-0.3, -0.25) is 9.35 Å². The van der Waals surface area contributed by atoms with Crippen molar-refractivity contribution in [2.45, 2.75) is 25.0 Å². The summed E-state index contributed by atoms with van der Waals surface area (Å²) in [4.78, 5) is 12.5. The number of hydrogen-bond acceptors (Lipinski definition) is 3. The summed E-state index contributed by atoms with van der Waals surface area (Å²) in [6.07, 6.45) is 2.27. The van der Waals surface area contributed by atoms with Gasteiger partial charge in [0.05, 0.1) is 5.52 Å². The molecule has 0 radical (unpaired) electrons. The number of benzene rings is 1. The molecule has 1 heterocycles. The molecular weight excluding hydrogens is 278 g/mol. The van der Waals surface area contributed by atoms with Crippen molar-refractivity contribution in [2.75, 3.05) is 0 Å². The molecule has 0 aliphatic heterocycles. The number of para-hydroxylation sites is 1. The summed E-state index contributed by atoms with van der Waals surface area (Å²) in [6, 6.07) is 7.00. The van der Waals surface area contributed by atoms with Crippen molar-refractivity contribution in [1.29, 1.82) is 0 Å². The van der Waals surface area contributed by atoms with E-state index in [2.05, 4.69) is 0 Å². The monoisotopic (exact) mass is 295 g/mol. The fraction of sp³-hybridized carbons (Fsp3) is 0.357. The summed E-state index contributed by atoms with van der Waals surface area (Å²) in [5.41, 5.74) is 0.511. The van der Waals surface area contributed by atoms with Crippen LogP contribution in [0, 0.1) is 0 Å². The molecule has 1 N–H and O–H groups in total. The topological polar surface area (TPSA) is 76.4 Å². The van der Waals surface area contributed by atoms with Crippen LogP contribution in [-0.2, 0) is 17.2 Å². The molecule has 1 atom stereocenters. The van der Waals surface area contributed by atoms with Gasteiger partial charge in [0, 0.05) is 24.2 Å². The van der Waals surface area contributed by atoms with Crippen molar-refractivity contribution in [3.8, 4) is 0 Å². The summed E-state index contributed by atoms with van der Waals surface area (Å²) < 4.78 is 34.1. The molecule has 0 amide bonds. The zero-order valence-electron chi connectivity index (χ0n) is 11.4. The highest BCUT2D eigenvalue weighted by Crippen LogP contribution is 2.25. The third kappa shape index (κ3) is 2.62. The molecule has 5 nitrogen and oxygen atoms in total. The predicted molar refractivity (Wildman–Crippen MR) is 78.4 cm³/mol. The van der Waals surface area contributed by atoms with Crippen LogP contribution in [0.25, 0.3) is 10.9 Å². The Labute approximate surface area is 117 Å². The van der Waals surface area contributed by atoms with Gasteiger partial charge >= 0.3 is 0 Å². The van der Waals surface area contributed by atoms with Gasteiger partial charge < -0.3 is 4.57 Å². The van der Waals surface area contributed by atoms with E-state index in [9.17, 15) is 17.8 Å². The van der Waals surface area contributed by atoms with Crippen LogP contribution >= 0.6 is 0 Å². The summed E-state index contributed by atoms with van der Waals surface area (Å²) in [7, 11) is -2.55. The quantitative estimate of drug-likeness (QED) is 0.878. The maximum absolute atomic E-state index is 12.5. The van der Waals surface area contributed by atoms with E-state index in [1.54, 1.807) is 29.8 Å². The van der Waals surface area contributed by atoms with Crippen LogP contribution in [-0.4, -0.2) is 17.5 Å². The zero-order chi connectivity index (χ0) is 14.9. The van der Waals surface area contributed by atoms with E-state index in [4.69, 9.17) is 0 Å². The van der Waals surface area contributed by atoms with Crippen molar-refractivity contribution < 1.29 is 13.0 Å². The van der Waals surface area contributed by atoms with Crippen molar-refractivity contribution in [1.82, 2.24) is 4.57 Å². The van der Waals surface area contributed by atoms with E-state index < -0.39 is 15.4 Å². The van der Waals surface area contributed by atoms with Crippen LogP contribution in [0.2, 0.25) is 0 Å². The molecule has 2 rings (SSSR count). The van der Waals surface area contributed by atoms with Crippen molar-refractivity contribution in [3.63, 3.8) is 0 Å². The second kappa shape index (κ2) is 5.38. The molecule has 2 aromatic rings. The van der Waals surface area contributed by atoms with Crippen LogP contribution in [0.15, 0.2) is 35.3 Å². The Morgan fingerprint density at radius 1 is 1.30 bits per heavy atom. The maximum atomic E-state index is 12.5. The van der Waals surface area contributed by atoms with Crippen LogP contribution in [0.5, 0.6) is 0 Å². The third-order valence-corrected chi connectivity index (χ3v) is 4.59. The fourth-order valence-corrected chi connectivity index (χ4v) is 3.44.